The van der Waals surface area contributed by atoms with Gasteiger partial charge in [0.15, 0.2) is 0 Å². The van der Waals surface area contributed by atoms with Crippen LogP contribution in [0.3, 0.4) is 0 Å². The molecule has 0 aromatic heterocycles. The molecule has 166 valence electrons. The quantitative estimate of drug-likeness (QED) is 0.170. The van der Waals surface area contributed by atoms with E-state index in [2.05, 4.69) is 43.4 Å². The molecule has 0 aliphatic carbocycles. The lowest BCUT2D eigenvalue weighted by molar-refractivity contribution is -0.121. The van der Waals surface area contributed by atoms with Crippen LogP contribution in [0, 0.1) is 0 Å². The predicted octanol–water partition coefficient (Wildman–Crippen LogP) is 6.87. The summed E-state index contributed by atoms with van der Waals surface area (Å²) in [7, 11) is 4.13. The number of carbonyl (C=O) groups is 1. The fraction of sp³-hybridized carbons (Fsp3) is 0.880. The summed E-state index contributed by atoms with van der Waals surface area (Å²) in [5.74, 6) is 0.228. The summed E-state index contributed by atoms with van der Waals surface area (Å²) in [6.07, 6.45) is 26.3. The normalized spacial score (nSPS) is 11.6. The Morgan fingerprint density at radius 3 is 1.75 bits per heavy atom. The molecule has 1 N–H and O–H groups in total. The molecule has 3 nitrogen and oxygen atoms in total. The van der Waals surface area contributed by atoms with Crippen molar-refractivity contribution in [2.45, 2.75) is 116 Å². The third-order valence-corrected chi connectivity index (χ3v) is 5.27. The average molecular weight is 395 g/mol. The molecule has 0 fully saturated rings. The number of hydrogen-bond donors (Lipinski definition) is 1. The van der Waals surface area contributed by atoms with Crippen molar-refractivity contribution in [1.29, 1.82) is 0 Å². The van der Waals surface area contributed by atoms with Gasteiger partial charge in [0.1, 0.15) is 0 Å². The lowest BCUT2D eigenvalue weighted by Crippen LogP contribution is -2.26. The molecule has 0 radical (unpaired) electrons. The topological polar surface area (TPSA) is 32.3 Å². The van der Waals surface area contributed by atoms with Crippen LogP contribution >= 0.6 is 0 Å². The molecule has 0 heterocycles. The molecule has 0 rings (SSSR count). The van der Waals surface area contributed by atoms with Gasteiger partial charge in [-0.15, -0.1) is 0 Å². The van der Waals surface area contributed by atoms with Gasteiger partial charge in [-0.05, 0) is 59.2 Å². The minimum atomic E-state index is 0.228. The highest BCUT2D eigenvalue weighted by molar-refractivity contribution is 5.75. The third-order valence-electron chi connectivity index (χ3n) is 5.27. The Balaban J connectivity index is 3.19. The number of amides is 1. The van der Waals surface area contributed by atoms with Crippen molar-refractivity contribution in [3.05, 3.63) is 12.2 Å². The Hall–Kier alpha value is -0.830. The zero-order valence-corrected chi connectivity index (χ0v) is 19.4. The van der Waals surface area contributed by atoms with Crippen LogP contribution < -0.4 is 5.32 Å². The van der Waals surface area contributed by atoms with E-state index in [9.17, 15) is 4.79 Å². The lowest BCUT2D eigenvalue weighted by Gasteiger charge is -2.09. The smallest absolute Gasteiger partial charge is 0.219 e. The molecule has 0 aromatic rings. The molecule has 0 aromatic carbocycles. The molecule has 0 saturated carbocycles. The van der Waals surface area contributed by atoms with Crippen LogP contribution in [0.2, 0.25) is 0 Å². The van der Waals surface area contributed by atoms with Crippen LogP contribution in [0.25, 0.3) is 0 Å². The summed E-state index contributed by atoms with van der Waals surface area (Å²) >= 11 is 0. The molecule has 0 unspecified atom stereocenters. The number of nitrogens with one attached hydrogen (secondary N) is 1. The van der Waals surface area contributed by atoms with Gasteiger partial charge >= 0.3 is 0 Å². The van der Waals surface area contributed by atoms with Crippen LogP contribution in [0.5, 0.6) is 0 Å². The summed E-state index contributed by atoms with van der Waals surface area (Å²) in [6, 6.07) is 0. The van der Waals surface area contributed by atoms with Gasteiger partial charge in [-0.25, -0.2) is 0 Å². The second kappa shape index (κ2) is 22.5. The largest absolute Gasteiger partial charge is 0.356 e. The van der Waals surface area contributed by atoms with Crippen molar-refractivity contribution in [2.24, 2.45) is 0 Å². The number of allylic oxidation sites excluding steroid dienone is 2. The molecular formula is C25H50N2O. The van der Waals surface area contributed by atoms with E-state index < -0.39 is 0 Å². The van der Waals surface area contributed by atoms with Gasteiger partial charge in [0.05, 0.1) is 0 Å². The summed E-state index contributed by atoms with van der Waals surface area (Å²) in [5.41, 5.74) is 0. The van der Waals surface area contributed by atoms with Crippen molar-refractivity contribution in [3.63, 3.8) is 0 Å². The van der Waals surface area contributed by atoms with E-state index in [1.165, 1.54) is 89.9 Å². The molecule has 0 aliphatic heterocycles. The van der Waals surface area contributed by atoms with E-state index in [1.807, 2.05) is 0 Å². The number of carbonyl (C=O) groups excluding carboxylic acids is 1. The summed E-state index contributed by atoms with van der Waals surface area (Å²) < 4.78 is 0. The highest BCUT2D eigenvalue weighted by atomic mass is 16.1. The minimum absolute atomic E-state index is 0.228. The van der Waals surface area contributed by atoms with Crippen molar-refractivity contribution in [2.75, 3.05) is 27.2 Å². The van der Waals surface area contributed by atoms with E-state index in [0.717, 1.165) is 25.9 Å². The molecule has 0 saturated heterocycles. The van der Waals surface area contributed by atoms with Crippen molar-refractivity contribution in [3.8, 4) is 0 Å². The van der Waals surface area contributed by atoms with E-state index in [1.54, 1.807) is 0 Å². The molecule has 0 spiro atoms. The van der Waals surface area contributed by atoms with Gasteiger partial charge in [-0.1, -0.05) is 83.3 Å². The average Bonchev–Trinajstić information content (AvgIpc) is 2.67. The predicted molar refractivity (Wildman–Crippen MR) is 125 cm³/mol. The van der Waals surface area contributed by atoms with E-state index >= 15 is 0 Å². The molecule has 0 bridgehead atoms. The zero-order valence-electron chi connectivity index (χ0n) is 19.4. The molecule has 28 heavy (non-hydrogen) atoms. The number of rotatable bonds is 21. The lowest BCUT2D eigenvalue weighted by atomic mass is 10.1. The van der Waals surface area contributed by atoms with Gasteiger partial charge in [0, 0.05) is 13.0 Å². The van der Waals surface area contributed by atoms with Crippen LogP contribution in [-0.2, 0) is 4.79 Å². The third kappa shape index (κ3) is 23.2. The Bertz CT molecular complexity index is 352. The van der Waals surface area contributed by atoms with Gasteiger partial charge in [-0.3, -0.25) is 4.79 Å². The first kappa shape index (κ1) is 27.2. The highest BCUT2D eigenvalue weighted by Crippen LogP contribution is 2.11. The van der Waals surface area contributed by atoms with E-state index in [-0.39, 0.29) is 5.91 Å². The number of hydrogen-bond acceptors (Lipinski definition) is 2. The maximum Gasteiger partial charge on any atom is 0.219 e. The maximum atomic E-state index is 11.7. The first-order valence-electron chi connectivity index (χ1n) is 12.2. The second-order valence-corrected chi connectivity index (χ2v) is 8.55. The van der Waals surface area contributed by atoms with Gasteiger partial charge in [0.2, 0.25) is 5.91 Å². The zero-order chi connectivity index (χ0) is 20.7. The van der Waals surface area contributed by atoms with Crippen LogP contribution in [0.15, 0.2) is 12.2 Å². The van der Waals surface area contributed by atoms with Crippen molar-refractivity contribution in [1.82, 2.24) is 10.2 Å². The van der Waals surface area contributed by atoms with E-state index in [4.69, 9.17) is 0 Å². The minimum Gasteiger partial charge on any atom is -0.356 e. The Kier molecular flexibility index (Phi) is 21.8. The molecule has 0 aliphatic rings. The number of nitrogens with zero attached hydrogens (tertiary/aromatic N) is 1. The second-order valence-electron chi connectivity index (χ2n) is 8.55. The van der Waals surface area contributed by atoms with Crippen LogP contribution in [-0.4, -0.2) is 38.0 Å². The fourth-order valence-electron chi connectivity index (χ4n) is 3.42. The standard InChI is InChI=1S/C25H50N2O/c1-4-5-6-7-8-9-10-11-12-13-14-15-16-17-18-19-20-22-25(28)26-23-21-24-27(2)3/h11-12H,4-10,13-24H2,1-3H3,(H,26,28)/b12-11-. The Labute approximate surface area is 176 Å². The van der Waals surface area contributed by atoms with Crippen molar-refractivity contribution < 1.29 is 4.79 Å². The highest BCUT2D eigenvalue weighted by Gasteiger charge is 2.00. The molecule has 0 atom stereocenters. The SMILES string of the molecule is CCCCCCCC/C=C\CCCCCCCCCC(=O)NCCCN(C)C. The van der Waals surface area contributed by atoms with Gasteiger partial charge in [0.25, 0.3) is 0 Å². The molecule has 1 amide bonds. The monoisotopic (exact) mass is 394 g/mol. The number of unbranched alkanes of at least 4 members (excludes halogenated alkanes) is 13. The Morgan fingerprint density at radius 1 is 0.714 bits per heavy atom. The van der Waals surface area contributed by atoms with E-state index in [0.29, 0.717) is 6.42 Å². The van der Waals surface area contributed by atoms with Crippen LogP contribution in [0.4, 0.5) is 0 Å². The molecular weight excluding hydrogens is 344 g/mol. The molecule has 3 heteroatoms. The fourth-order valence-corrected chi connectivity index (χ4v) is 3.42. The van der Waals surface area contributed by atoms with Gasteiger partial charge < -0.3 is 10.2 Å². The summed E-state index contributed by atoms with van der Waals surface area (Å²) in [4.78, 5) is 13.9. The first-order valence-corrected chi connectivity index (χ1v) is 12.2. The Morgan fingerprint density at radius 2 is 1.21 bits per heavy atom. The first-order chi connectivity index (χ1) is 13.7. The van der Waals surface area contributed by atoms with Crippen molar-refractivity contribution >= 4 is 5.91 Å². The van der Waals surface area contributed by atoms with Crippen LogP contribution in [0.1, 0.15) is 116 Å². The summed E-state index contributed by atoms with van der Waals surface area (Å²) in [6.45, 7) is 4.12. The maximum absolute atomic E-state index is 11.7. The van der Waals surface area contributed by atoms with Gasteiger partial charge in [-0.2, -0.15) is 0 Å². The summed E-state index contributed by atoms with van der Waals surface area (Å²) in [5, 5.41) is 3.02.